The molecule has 0 spiro atoms. The van der Waals surface area contributed by atoms with Gasteiger partial charge in [0.1, 0.15) is 10.6 Å². The molecule has 0 aromatic carbocycles. The molecule has 3 heterocycles. The molecule has 1 fully saturated rings. The molecular weight excluding hydrogens is 290 g/mol. The summed E-state index contributed by atoms with van der Waals surface area (Å²) in [5, 5.41) is 22.2. The minimum Gasteiger partial charge on any atom is -0.385 e. The summed E-state index contributed by atoms with van der Waals surface area (Å²) in [5.41, 5.74) is 0.187. The Bertz CT molecular complexity index is 557. The fraction of sp³-hybridized carbons (Fsp3) is 0.692. The summed E-state index contributed by atoms with van der Waals surface area (Å²) in [6.45, 7) is 5.63. The second-order valence-electron chi connectivity index (χ2n) is 5.46. The predicted octanol–water partition coefficient (Wildman–Crippen LogP) is -0.418. The van der Waals surface area contributed by atoms with E-state index in [1.165, 1.54) is 0 Å². The van der Waals surface area contributed by atoms with Gasteiger partial charge in [0.2, 0.25) is 4.96 Å². The number of hydrogen-bond acceptors (Lipinski definition) is 7. The number of aryl methyl sites for hydroxylation is 1. The normalized spacial score (nSPS) is 23.5. The van der Waals surface area contributed by atoms with Crippen LogP contribution in [0.3, 0.4) is 0 Å². The summed E-state index contributed by atoms with van der Waals surface area (Å²) in [5.74, 6) is 0. The van der Waals surface area contributed by atoms with Crippen LogP contribution in [0.15, 0.2) is 6.20 Å². The van der Waals surface area contributed by atoms with Gasteiger partial charge in [-0.15, -0.1) is 0 Å². The molecule has 1 aliphatic rings. The Morgan fingerprint density at radius 2 is 2.52 bits per heavy atom. The Kier molecular flexibility index (Phi) is 4.51. The molecule has 2 aromatic rings. The molecule has 8 heteroatoms. The molecule has 116 valence electrons. The first-order valence-corrected chi connectivity index (χ1v) is 8.00. The van der Waals surface area contributed by atoms with Crippen LogP contribution in [-0.2, 0) is 11.2 Å². The van der Waals surface area contributed by atoms with Gasteiger partial charge in [-0.2, -0.15) is 5.10 Å². The lowest BCUT2D eigenvalue weighted by Crippen LogP contribution is -2.50. The first-order valence-electron chi connectivity index (χ1n) is 7.18. The Balaban J connectivity index is 1.45. The Hall–Kier alpha value is -1.06. The number of aromatic nitrogens is 3. The standard InChI is InChI=1S/C13H21N5O2S/c1-10-17-18-6-11(16-12(18)21-10)2-3-14-7-13(19)8-15-4-5-20-9-13/h6,14-15,19H,2-5,7-9H2,1H3/t13-/m1/s1. The average molecular weight is 311 g/mol. The van der Waals surface area contributed by atoms with E-state index in [1.807, 2.05) is 17.6 Å². The van der Waals surface area contributed by atoms with Gasteiger partial charge in [0.15, 0.2) is 0 Å². The maximum absolute atomic E-state index is 10.4. The topological polar surface area (TPSA) is 83.7 Å². The number of ether oxygens (including phenoxy) is 1. The van der Waals surface area contributed by atoms with E-state index in [2.05, 4.69) is 20.7 Å². The van der Waals surface area contributed by atoms with Crippen molar-refractivity contribution < 1.29 is 9.84 Å². The van der Waals surface area contributed by atoms with E-state index in [0.29, 0.717) is 26.3 Å². The fourth-order valence-corrected chi connectivity index (χ4v) is 3.14. The molecular formula is C13H21N5O2S. The van der Waals surface area contributed by atoms with Gasteiger partial charge in [0.25, 0.3) is 0 Å². The van der Waals surface area contributed by atoms with E-state index in [-0.39, 0.29) is 0 Å². The van der Waals surface area contributed by atoms with Crippen LogP contribution < -0.4 is 10.6 Å². The Morgan fingerprint density at radius 3 is 3.38 bits per heavy atom. The first kappa shape index (κ1) is 14.9. The van der Waals surface area contributed by atoms with Gasteiger partial charge >= 0.3 is 0 Å². The van der Waals surface area contributed by atoms with Crippen LogP contribution in [-0.4, -0.2) is 64.7 Å². The minimum atomic E-state index is -0.830. The smallest absolute Gasteiger partial charge is 0.212 e. The zero-order chi connectivity index (χ0) is 14.7. The average Bonchev–Trinajstić information content (AvgIpc) is 2.86. The van der Waals surface area contributed by atoms with Crippen molar-refractivity contribution in [2.24, 2.45) is 0 Å². The summed E-state index contributed by atoms with van der Waals surface area (Å²) in [6.07, 6.45) is 2.78. The number of β-amino-alcohol motifs (C(OH)–C–C–N with tert-alkyl or cyclic N) is 1. The van der Waals surface area contributed by atoms with Gasteiger partial charge in [-0.1, -0.05) is 11.3 Å². The maximum atomic E-state index is 10.4. The maximum Gasteiger partial charge on any atom is 0.212 e. The van der Waals surface area contributed by atoms with Crippen LogP contribution in [0.5, 0.6) is 0 Å². The lowest BCUT2D eigenvalue weighted by Gasteiger charge is -2.26. The number of rotatable bonds is 5. The molecule has 1 aliphatic heterocycles. The van der Waals surface area contributed by atoms with E-state index >= 15 is 0 Å². The number of nitrogens with zero attached hydrogens (tertiary/aromatic N) is 3. The van der Waals surface area contributed by atoms with Crippen molar-refractivity contribution in [1.82, 2.24) is 25.2 Å². The molecule has 0 amide bonds. The van der Waals surface area contributed by atoms with Crippen molar-refractivity contribution in [3.05, 3.63) is 16.9 Å². The van der Waals surface area contributed by atoms with Crippen molar-refractivity contribution in [2.45, 2.75) is 18.9 Å². The zero-order valence-electron chi connectivity index (χ0n) is 12.1. The highest BCUT2D eigenvalue weighted by atomic mass is 32.1. The lowest BCUT2D eigenvalue weighted by molar-refractivity contribution is -0.0260. The van der Waals surface area contributed by atoms with E-state index in [9.17, 15) is 5.11 Å². The molecule has 7 nitrogen and oxygen atoms in total. The molecule has 3 rings (SSSR count). The third-order valence-corrected chi connectivity index (χ3v) is 4.29. The number of imidazole rings is 1. The lowest BCUT2D eigenvalue weighted by atomic mass is 10.1. The quantitative estimate of drug-likeness (QED) is 0.651. The summed E-state index contributed by atoms with van der Waals surface area (Å²) in [7, 11) is 0. The van der Waals surface area contributed by atoms with Gasteiger partial charge in [-0.25, -0.2) is 9.50 Å². The summed E-state index contributed by atoms with van der Waals surface area (Å²) < 4.78 is 7.22. The largest absolute Gasteiger partial charge is 0.385 e. The molecule has 2 aromatic heterocycles. The molecule has 1 atom stereocenters. The number of fused-ring (bicyclic) bond motifs is 1. The van der Waals surface area contributed by atoms with E-state index in [0.717, 1.165) is 35.2 Å². The van der Waals surface area contributed by atoms with Crippen LogP contribution in [0.1, 0.15) is 10.7 Å². The van der Waals surface area contributed by atoms with Crippen LogP contribution in [0.2, 0.25) is 0 Å². The highest BCUT2D eigenvalue weighted by Gasteiger charge is 2.28. The first-order chi connectivity index (χ1) is 10.1. The second kappa shape index (κ2) is 6.37. The fourth-order valence-electron chi connectivity index (χ4n) is 2.39. The molecule has 0 radical (unpaired) electrons. The van der Waals surface area contributed by atoms with Gasteiger partial charge in [0, 0.05) is 32.6 Å². The molecule has 0 saturated carbocycles. The van der Waals surface area contributed by atoms with Crippen LogP contribution in [0, 0.1) is 6.92 Å². The van der Waals surface area contributed by atoms with Crippen molar-refractivity contribution in [1.29, 1.82) is 0 Å². The molecule has 0 aliphatic carbocycles. The van der Waals surface area contributed by atoms with Crippen molar-refractivity contribution >= 4 is 16.3 Å². The van der Waals surface area contributed by atoms with Gasteiger partial charge in [0.05, 0.1) is 25.1 Å². The SMILES string of the molecule is Cc1nn2cc(CCNC[C@@]3(O)CNCCOC3)nc2s1. The molecule has 1 saturated heterocycles. The van der Waals surface area contributed by atoms with Crippen molar-refractivity contribution in [3.63, 3.8) is 0 Å². The van der Waals surface area contributed by atoms with E-state index < -0.39 is 5.60 Å². The Labute approximate surface area is 127 Å². The predicted molar refractivity (Wildman–Crippen MR) is 80.8 cm³/mol. The monoisotopic (exact) mass is 311 g/mol. The van der Waals surface area contributed by atoms with Crippen LogP contribution in [0.25, 0.3) is 4.96 Å². The van der Waals surface area contributed by atoms with Crippen molar-refractivity contribution in [3.8, 4) is 0 Å². The Morgan fingerprint density at radius 1 is 1.62 bits per heavy atom. The van der Waals surface area contributed by atoms with Crippen molar-refractivity contribution in [2.75, 3.05) is 39.4 Å². The minimum absolute atomic E-state index is 0.371. The second-order valence-corrected chi connectivity index (χ2v) is 6.62. The highest BCUT2D eigenvalue weighted by Crippen LogP contribution is 2.13. The number of aliphatic hydroxyl groups is 1. The number of hydrogen-bond donors (Lipinski definition) is 3. The van der Waals surface area contributed by atoms with Gasteiger partial charge in [-0.3, -0.25) is 0 Å². The summed E-state index contributed by atoms with van der Waals surface area (Å²) in [4.78, 5) is 5.46. The van der Waals surface area contributed by atoms with Crippen LogP contribution in [0.4, 0.5) is 0 Å². The van der Waals surface area contributed by atoms with E-state index in [1.54, 1.807) is 11.3 Å². The number of nitrogens with one attached hydrogen (secondary N) is 2. The van der Waals surface area contributed by atoms with Gasteiger partial charge in [-0.05, 0) is 6.92 Å². The van der Waals surface area contributed by atoms with E-state index in [4.69, 9.17) is 4.74 Å². The highest BCUT2D eigenvalue weighted by molar-refractivity contribution is 7.16. The molecule has 3 N–H and O–H groups in total. The molecule has 0 unspecified atom stereocenters. The summed E-state index contributed by atoms with van der Waals surface area (Å²) in [6, 6.07) is 0. The third-order valence-electron chi connectivity index (χ3n) is 3.45. The zero-order valence-corrected chi connectivity index (χ0v) is 12.9. The third kappa shape index (κ3) is 3.78. The molecule has 21 heavy (non-hydrogen) atoms. The molecule has 0 bridgehead atoms. The van der Waals surface area contributed by atoms with Crippen LogP contribution >= 0.6 is 11.3 Å². The van der Waals surface area contributed by atoms with Gasteiger partial charge < -0.3 is 20.5 Å². The summed E-state index contributed by atoms with van der Waals surface area (Å²) >= 11 is 1.59.